The van der Waals surface area contributed by atoms with E-state index in [-0.39, 0.29) is 5.69 Å². The van der Waals surface area contributed by atoms with Gasteiger partial charge < -0.3 is 14.0 Å². The largest absolute Gasteiger partial charge is 0.495 e. The number of hydrogen-bond acceptors (Lipinski definition) is 6. The van der Waals surface area contributed by atoms with Crippen molar-refractivity contribution in [3.05, 3.63) is 63.0 Å². The predicted octanol–water partition coefficient (Wildman–Crippen LogP) is 3.79. The summed E-state index contributed by atoms with van der Waals surface area (Å²) in [6.45, 7) is 2.54. The number of carbonyl (C=O) groups excluding carboxylic acids is 1. The second-order valence-electron chi connectivity index (χ2n) is 5.91. The van der Waals surface area contributed by atoms with Crippen molar-refractivity contribution >= 4 is 39.2 Å². The Balaban J connectivity index is 2.02. The summed E-state index contributed by atoms with van der Waals surface area (Å²) in [5, 5.41) is 10.9. The Morgan fingerprint density at radius 2 is 1.97 bits per heavy atom. The number of thiazole rings is 1. The Labute approximate surface area is 170 Å². The van der Waals surface area contributed by atoms with Crippen LogP contribution in [0.4, 0.5) is 5.69 Å². The summed E-state index contributed by atoms with van der Waals surface area (Å²) in [7, 11) is 3.17. The van der Waals surface area contributed by atoms with Crippen LogP contribution in [0.3, 0.4) is 0 Å². The van der Waals surface area contributed by atoms with Crippen LogP contribution in [0.1, 0.15) is 12.5 Å². The number of rotatable bonds is 6. The quantitative estimate of drug-likeness (QED) is 0.348. The predicted molar refractivity (Wildman–Crippen MR) is 111 cm³/mol. The topological polar surface area (TPSA) is 96.0 Å². The molecule has 0 unspecified atom stereocenters. The van der Waals surface area contributed by atoms with Gasteiger partial charge >= 0.3 is 0 Å². The smallest absolute Gasteiger partial charge is 0.272 e. The number of methoxy groups -OCH3 is 2. The molecule has 0 N–H and O–H groups in total. The first-order valence-corrected chi connectivity index (χ1v) is 9.55. The minimum absolute atomic E-state index is 0.0379. The van der Waals surface area contributed by atoms with Crippen molar-refractivity contribution in [3.8, 4) is 11.5 Å². The minimum Gasteiger partial charge on any atom is -0.495 e. The zero-order chi connectivity index (χ0) is 21.0. The highest BCUT2D eigenvalue weighted by Crippen LogP contribution is 2.35. The molecule has 0 spiro atoms. The Hall–Kier alpha value is -3.46. The summed E-state index contributed by atoms with van der Waals surface area (Å²) in [4.78, 5) is 27.5. The number of nitrogens with zero attached hydrogens (tertiary/aromatic N) is 3. The SMILES string of the molecule is CCn1c(=NC(=O)/C=C/c2cccc([N+](=O)[O-])c2)sc2c(OC)ccc(OC)c21. The number of carbonyl (C=O) groups is 1. The average molecular weight is 413 g/mol. The van der Waals surface area contributed by atoms with E-state index < -0.39 is 10.8 Å². The number of hydrogen-bond donors (Lipinski definition) is 0. The highest BCUT2D eigenvalue weighted by Gasteiger charge is 2.15. The van der Waals surface area contributed by atoms with Crippen molar-refractivity contribution in [2.24, 2.45) is 4.99 Å². The Bertz CT molecular complexity index is 1180. The molecule has 0 fully saturated rings. The lowest BCUT2D eigenvalue weighted by atomic mass is 10.2. The average Bonchev–Trinajstić information content (AvgIpc) is 3.09. The molecule has 150 valence electrons. The van der Waals surface area contributed by atoms with Crippen LogP contribution in [0.5, 0.6) is 11.5 Å². The van der Waals surface area contributed by atoms with E-state index in [0.29, 0.717) is 28.4 Å². The van der Waals surface area contributed by atoms with E-state index in [0.717, 1.165) is 10.2 Å². The maximum absolute atomic E-state index is 12.4. The standard InChI is InChI=1S/C20H19N3O5S/c1-4-22-18-15(27-2)9-10-16(28-3)19(18)29-20(22)21-17(24)11-8-13-6-5-7-14(12-13)23(25)26/h5-12H,4H2,1-3H3/b11-8+,21-20?. The number of aromatic nitrogens is 1. The third kappa shape index (κ3) is 4.19. The van der Waals surface area contributed by atoms with Gasteiger partial charge in [-0.25, -0.2) is 0 Å². The number of benzene rings is 2. The molecule has 29 heavy (non-hydrogen) atoms. The first-order chi connectivity index (χ1) is 14.0. The van der Waals surface area contributed by atoms with Gasteiger partial charge in [0.05, 0.1) is 19.1 Å². The van der Waals surface area contributed by atoms with Crippen LogP contribution < -0.4 is 14.3 Å². The molecule has 8 nitrogen and oxygen atoms in total. The summed E-state index contributed by atoms with van der Waals surface area (Å²) in [5.41, 5.74) is 1.32. The van der Waals surface area contributed by atoms with Crippen LogP contribution in [0.25, 0.3) is 16.3 Å². The molecule has 1 heterocycles. The lowest BCUT2D eigenvalue weighted by Gasteiger charge is -2.08. The second kappa shape index (κ2) is 8.70. The molecule has 3 aromatic rings. The highest BCUT2D eigenvalue weighted by molar-refractivity contribution is 7.16. The lowest BCUT2D eigenvalue weighted by Crippen LogP contribution is -2.15. The fraction of sp³-hybridized carbons (Fsp3) is 0.200. The van der Waals surface area contributed by atoms with Gasteiger partial charge in [0.2, 0.25) is 0 Å². The molecule has 0 radical (unpaired) electrons. The molecule has 0 atom stereocenters. The number of nitro groups is 1. The van der Waals surface area contributed by atoms with Crippen LogP contribution in [0, 0.1) is 10.1 Å². The van der Waals surface area contributed by atoms with E-state index in [9.17, 15) is 14.9 Å². The van der Waals surface area contributed by atoms with Gasteiger partial charge in [0, 0.05) is 24.8 Å². The summed E-state index contributed by atoms with van der Waals surface area (Å²) in [5.74, 6) is 0.872. The van der Waals surface area contributed by atoms with Crippen LogP contribution >= 0.6 is 11.3 Å². The van der Waals surface area contributed by atoms with E-state index in [1.54, 1.807) is 26.4 Å². The molecule has 0 saturated heterocycles. The van der Waals surface area contributed by atoms with Gasteiger partial charge in [0.1, 0.15) is 21.7 Å². The summed E-state index contributed by atoms with van der Waals surface area (Å²) in [6.07, 6.45) is 2.79. The third-order valence-corrected chi connectivity index (χ3v) is 5.31. The Kier molecular flexibility index (Phi) is 6.08. The molecule has 1 aromatic heterocycles. The van der Waals surface area contributed by atoms with E-state index in [1.807, 2.05) is 23.6 Å². The van der Waals surface area contributed by atoms with Gasteiger partial charge in [0.15, 0.2) is 4.80 Å². The van der Waals surface area contributed by atoms with E-state index in [2.05, 4.69) is 4.99 Å². The van der Waals surface area contributed by atoms with Crippen molar-refractivity contribution < 1.29 is 19.2 Å². The third-order valence-electron chi connectivity index (χ3n) is 4.21. The zero-order valence-electron chi connectivity index (χ0n) is 16.1. The summed E-state index contributed by atoms with van der Waals surface area (Å²) >= 11 is 1.33. The summed E-state index contributed by atoms with van der Waals surface area (Å²) < 4.78 is 13.6. The van der Waals surface area contributed by atoms with E-state index in [4.69, 9.17) is 9.47 Å². The Morgan fingerprint density at radius 1 is 1.24 bits per heavy atom. The minimum atomic E-state index is -0.480. The maximum atomic E-state index is 12.4. The molecule has 0 aliphatic heterocycles. The fourth-order valence-corrected chi connectivity index (χ4v) is 4.08. The monoisotopic (exact) mass is 413 g/mol. The number of fused-ring (bicyclic) bond motifs is 1. The Morgan fingerprint density at radius 3 is 2.62 bits per heavy atom. The number of ether oxygens (including phenoxy) is 2. The maximum Gasteiger partial charge on any atom is 0.272 e. The summed E-state index contributed by atoms with van der Waals surface area (Å²) in [6, 6.07) is 9.66. The van der Waals surface area contributed by atoms with Gasteiger partial charge in [-0.2, -0.15) is 4.99 Å². The molecular formula is C20H19N3O5S. The van der Waals surface area contributed by atoms with Crippen molar-refractivity contribution in [1.82, 2.24) is 4.57 Å². The zero-order valence-corrected chi connectivity index (χ0v) is 16.9. The second-order valence-corrected chi connectivity index (χ2v) is 6.89. The van der Waals surface area contributed by atoms with Crippen LogP contribution in [-0.4, -0.2) is 29.6 Å². The first kappa shape index (κ1) is 20.3. The van der Waals surface area contributed by atoms with E-state index >= 15 is 0 Å². The molecule has 0 saturated carbocycles. The van der Waals surface area contributed by atoms with Crippen LogP contribution in [0.2, 0.25) is 0 Å². The number of aryl methyl sites for hydroxylation is 1. The van der Waals surface area contributed by atoms with Crippen molar-refractivity contribution in [1.29, 1.82) is 0 Å². The number of non-ortho nitro benzene ring substituents is 1. The van der Waals surface area contributed by atoms with Crippen molar-refractivity contribution in [2.45, 2.75) is 13.5 Å². The first-order valence-electron chi connectivity index (χ1n) is 8.74. The molecule has 0 bridgehead atoms. The van der Waals surface area contributed by atoms with Gasteiger partial charge in [-0.15, -0.1) is 0 Å². The van der Waals surface area contributed by atoms with Crippen molar-refractivity contribution in [3.63, 3.8) is 0 Å². The van der Waals surface area contributed by atoms with Crippen molar-refractivity contribution in [2.75, 3.05) is 14.2 Å². The molecular weight excluding hydrogens is 394 g/mol. The van der Waals surface area contributed by atoms with Gasteiger partial charge in [-0.3, -0.25) is 14.9 Å². The van der Waals surface area contributed by atoms with Crippen LogP contribution in [0.15, 0.2) is 47.5 Å². The molecule has 0 aliphatic rings. The molecule has 0 aliphatic carbocycles. The molecule has 9 heteroatoms. The van der Waals surface area contributed by atoms with Crippen LogP contribution in [-0.2, 0) is 11.3 Å². The normalized spacial score (nSPS) is 11.9. The molecule has 3 rings (SSSR count). The highest BCUT2D eigenvalue weighted by atomic mass is 32.1. The lowest BCUT2D eigenvalue weighted by molar-refractivity contribution is -0.384. The number of amides is 1. The fourth-order valence-electron chi connectivity index (χ4n) is 2.87. The van der Waals surface area contributed by atoms with Gasteiger partial charge in [0.25, 0.3) is 11.6 Å². The van der Waals surface area contributed by atoms with Gasteiger partial charge in [-0.05, 0) is 30.7 Å². The van der Waals surface area contributed by atoms with E-state index in [1.165, 1.54) is 35.6 Å². The van der Waals surface area contributed by atoms with Gasteiger partial charge in [-0.1, -0.05) is 23.5 Å². The molecule has 2 aromatic carbocycles. The number of nitro benzene ring substituents is 1. The molecule has 1 amide bonds.